The third-order valence-corrected chi connectivity index (χ3v) is 4.92. The van der Waals surface area contributed by atoms with Crippen LogP contribution < -0.4 is 5.32 Å². The normalized spacial score (nSPS) is 11.1. The van der Waals surface area contributed by atoms with E-state index in [-0.39, 0.29) is 5.91 Å². The van der Waals surface area contributed by atoms with E-state index in [1.165, 1.54) is 5.56 Å². The molecule has 4 rings (SSSR count). The highest BCUT2D eigenvalue weighted by Gasteiger charge is 2.14. The molecule has 0 aliphatic carbocycles. The van der Waals surface area contributed by atoms with Crippen LogP contribution in [0.5, 0.6) is 0 Å². The Kier molecular flexibility index (Phi) is 4.88. The van der Waals surface area contributed by atoms with E-state index in [9.17, 15) is 4.79 Å². The van der Waals surface area contributed by atoms with Gasteiger partial charge in [0, 0.05) is 11.3 Å². The summed E-state index contributed by atoms with van der Waals surface area (Å²) in [6.07, 6.45) is 0. The number of nitrogens with zero attached hydrogens (tertiary/aromatic N) is 1. The molecule has 0 spiro atoms. The van der Waals surface area contributed by atoms with Gasteiger partial charge >= 0.3 is 0 Å². The maximum atomic E-state index is 12.6. The lowest BCUT2D eigenvalue weighted by Crippen LogP contribution is -2.12. The fourth-order valence-corrected chi connectivity index (χ4v) is 3.18. The Bertz CT molecular complexity index is 1110. The molecule has 4 nitrogen and oxygen atoms in total. The standard InChI is InChI=1S/C23H19ClN2O2/c1-14(2)15-7-9-16(10-8-15)22(27)25-17-11-12-19(24)18(13-17)23-26-20-5-3-4-6-21(20)28-23/h3-14H,1-2H3,(H,25,27). The minimum atomic E-state index is -0.179. The van der Waals surface area contributed by atoms with E-state index in [4.69, 9.17) is 16.0 Å². The summed E-state index contributed by atoms with van der Waals surface area (Å²) in [5.74, 6) is 0.664. The third kappa shape index (κ3) is 3.64. The number of rotatable bonds is 4. The van der Waals surface area contributed by atoms with E-state index in [1.54, 1.807) is 18.2 Å². The first-order valence-electron chi connectivity index (χ1n) is 9.08. The van der Waals surface area contributed by atoms with Crippen LogP contribution in [-0.4, -0.2) is 10.9 Å². The van der Waals surface area contributed by atoms with Crippen molar-refractivity contribution in [1.82, 2.24) is 4.98 Å². The Morgan fingerprint density at radius 1 is 1.04 bits per heavy atom. The molecule has 0 bridgehead atoms. The van der Waals surface area contributed by atoms with Crippen molar-refractivity contribution in [2.24, 2.45) is 0 Å². The molecule has 0 atom stereocenters. The number of halogens is 1. The highest BCUT2D eigenvalue weighted by molar-refractivity contribution is 6.33. The summed E-state index contributed by atoms with van der Waals surface area (Å²) in [5, 5.41) is 3.42. The Labute approximate surface area is 168 Å². The van der Waals surface area contributed by atoms with Crippen LogP contribution in [0, 0.1) is 0 Å². The van der Waals surface area contributed by atoms with Crippen LogP contribution in [0.15, 0.2) is 71.1 Å². The van der Waals surface area contributed by atoms with Gasteiger partial charge in [-0.3, -0.25) is 4.79 Å². The number of amides is 1. The van der Waals surface area contributed by atoms with Crippen molar-refractivity contribution < 1.29 is 9.21 Å². The van der Waals surface area contributed by atoms with Crippen LogP contribution >= 0.6 is 11.6 Å². The maximum absolute atomic E-state index is 12.6. The molecule has 140 valence electrons. The van der Waals surface area contributed by atoms with Gasteiger partial charge in [0.05, 0.1) is 10.6 Å². The van der Waals surface area contributed by atoms with E-state index in [1.807, 2.05) is 48.5 Å². The van der Waals surface area contributed by atoms with Crippen LogP contribution in [0.4, 0.5) is 5.69 Å². The number of aromatic nitrogens is 1. The second-order valence-corrected chi connectivity index (χ2v) is 7.32. The number of hydrogen-bond acceptors (Lipinski definition) is 3. The zero-order valence-electron chi connectivity index (χ0n) is 15.6. The van der Waals surface area contributed by atoms with Crippen LogP contribution in [0.1, 0.15) is 35.7 Å². The van der Waals surface area contributed by atoms with Gasteiger partial charge in [0.15, 0.2) is 5.58 Å². The van der Waals surface area contributed by atoms with Gasteiger partial charge in [0.2, 0.25) is 5.89 Å². The topological polar surface area (TPSA) is 55.1 Å². The number of carbonyl (C=O) groups excluding carboxylic acids is 1. The first kappa shape index (κ1) is 18.3. The largest absolute Gasteiger partial charge is 0.436 e. The van der Waals surface area contributed by atoms with E-state index in [0.717, 1.165) is 5.52 Å². The van der Waals surface area contributed by atoms with E-state index < -0.39 is 0 Å². The van der Waals surface area contributed by atoms with Gasteiger partial charge in [-0.15, -0.1) is 0 Å². The van der Waals surface area contributed by atoms with Crippen molar-refractivity contribution in [2.75, 3.05) is 5.32 Å². The Morgan fingerprint density at radius 3 is 2.50 bits per heavy atom. The number of carbonyl (C=O) groups is 1. The molecular weight excluding hydrogens is 372 g/mol. The number of anilines is 1. The minimum absolute atomic E-state index is 0.179. The molecule has 0 radical (unpaired) electrons. The van der Waals surface area contributed by atoms with Crippen LogP contribution in [0.2, 0.25) is 5.02 Å². The third-order valence-electron chi connectivity index (χ3n) is 4.59. The minimum Gasteiger partial charge on any atom is -0.436 e. The number of nitrogens with one attached hydrogen (secondary N) is 1. The fourth-order valence-electron chi connectivity index (χ4n) is 2.98. The van der Waals surface area contributed by atoms with Crippen LogP contribution in [-0.2, 0) is 0 Å². The quantitative estimate of drug-likeness (QED) is 0.431. The number of fused-ring (bicyclic) bond motifs is 1. The molecule has 0 saturated heterocycles. The van der Waals surface area contributed by atoms with Gasteiger partial charge in [-0.25, -0.2) is 4.98 Å². The zero-order chi connectivity index (χ0) is 19.7. The molecule has 28 heavy (non-hydrogen) atoms. The molecule has 5 heteroatoms. The molecule has 0 unspecified atom stereocenters. The van der Waals surface area contributed by atoms with Crippen molar-refractivity contribution >= 4 is 34.3 Å². The second kappa shape index (κ2) is 7.49. The van der Waals surface area contributed by atoms with Crippen molar-refractivity contribution in [1.29, 1.82) is 0 Å². The average Bonchev–Trinajstić information content (AvgIpc) is 3.13. The van der Waals surface area contributed by atoms with Crippen molar-refractivity contribution in [3.05, 3.63) is 82.9 Å². The van der Waals surface area contributed by atoms with Gasteiger partial charge in [0.25, 0.3) is 5.91 Å². The summed E-state index contributed by atoms with van der Waals surface area (Å²) >= 11 is 6.35. The molecule has 1 aromatic heterocycles. The molecule has 4 aromatic rings. The number of hydrogen-bond donors (Lipinski definition) is 1. The lowest BCUT2D eigenvalue weighted by Gasteiger charge is -2.09. The smallest absolute Gasteiger partial charge is 0.255 e. The number of benzene rings is 3. The Morgan fingerprint density at radius 2 is 1.79 bits per heavy atom. The number of para-hydroxylation sites is 2. The van der Waals surface area contributed by atoms with Gasteiger partial charge < -0.3 is 9.73 Å². The van der Waals surface area contributed by atoms with Crippen LogP contribution in [0.3, 0.4) is 0 Å². The lowest BCUT2D eigenvalue weighted by molar-refractivity contribution is 0.102. The first-order valence-corrected chi connectivity index (χ1v) is 9.46. The van der Waals surface area contributed by atoms with E-state index in [2.05, 4.69) is 24.1 Å². The second-order valence-electron chi connectivity index (χ2n) is 6.91. The summed E-state index contributed by atoms with van der Waals surface area (Å²) in [6.45, 7) is 4.24. The van der Waals surface area contributed by atoms with Gasteiger partial charge in [-0.05, 0) is 53.9 Å². The molecule has 0 fully saturated rings. The van der Waals surface area contributed by atoms with Crippen molar-refractivity contribution in [2.45, 2.75) is 19.8 Å². The van der Waals surface area contributed by atoms with Crippen molar-refractivity contribution in [3.8, 4) is 11.5 Å². The molecular formula is C23H19ClN2O2. The van der Waals surface area contributed by atoms with E-state index >= 15 is 0 Å². The molecule has 1 N–H and O–H groups in total. The van der Waals surface area contributed by atoms with Crippen LogP contribution in [0.25, 0.3) is 22.6 Å². The van der Waals surface area contributed by atoms with Gasteiger partial charge in [-0.1, -0.05) is 49.7 Å². The Balaban J connectivity index is 1.60. The monoisotopic (exact) mass is 390 g/mol. The molecule has 0 saturated carbocycles. The predicted molar refractivity (Wildman–Crippen MR) is 113 cm³/mol. The summed E-state index contributed by atoms with van der Waals surface area (Å²) < 4.78 is 5.81. The van der Waals surface area contributed by atoms with Crippen molar-refractivity contribution in [3.63, 3.8) is 0 Å². The lowest BCUT2D eigenvalue weighted by atomic mass is 10.0. The summed E-state index contributed by atoms with van der Waals surface area (Å²) in [7, 11) is 0. The molecule has 1 amide bonds. The summed E-state index contributed by atoms with van der Waals surface area (Å²) in [5.41, 5.74) is 4.50. The van der Waals surface area contributed by atoms with Gasteiger partial charge in [0.1, 0.15) is 5.52 Å². The maximum Gasteiger partial charge on any atom is 0.255 e. The van der Waals surface area contributed by atoms with E-state index in [0.29, 0.717) is 39.2 Å². The zero-order valence-corrected chi connectivity index (χ0v) is 16.3. The molecule has 0 aliphatic rings. The Hall–Kier alpha value is -3.11. The average molecular weight is 391 g/mol. The summed E-state index contributed by atoms with van der Waals surface area (Å²) in [4.78, 5) is 17.1. The van der Waals surface area contributed by atoms with Gasteiger partial charge in [-0.2, -0.15) is 0 Å². The fraction of sp³-hybridized carbons (Fsp3) is 0.130. The number of oxazole rings is 1. The predicted octanol–water partition coefficient (Wildman–Crippen LogP) is 6.52. The molecule has 3 aromatic carbocycles. The first-order chi connectivity index (χ1) is 13.5. The molecule has 1 heterocycles. The summed E-state index contributed by atoms with van der Waals surface area (Å²) in [6, 6.07) is 20.4. The SMILES string of the molecule is CC(C)c1ccc(C(=O)Nc2ccc(Cl)c(-c3nc4ccccc4o3)c2)cc1. The highest BCUT2D eigenvalue weighted by Crippen LogP contribution is 2.32. The molecule has 0 aliphatic heterocycles. The highest BCUT2D eigenvalue weighted by atomic mass is 35.5.